The average molecular weight is 365 g/mol. The molecule has 2 aromatic rings. The van der Waals surface area contributed by atoms with Crippen molar-refractivity contribution < 1.29 is 4.92 Å². The summed E-state index contributed by atoms with van der Waals surface area (Å²) in [7, 11) is 0. The highest BCUT2D eigenvalue weighted by atomic mass is 16.6. The number of aryl methyl sites for hydroxylation is 1. The Hall–Kier alpha value is -2.43. The van der Waals surface area contributed by atoms with E-state index in [2.05, 4.69) is 43.0 Å². The summed E-state index contributed by atoms with van der Waals surface area (Å²) in [4.78, 5) is 18.4. The Balaban J connectivity index is 1.59. The van der Waals surface area contributed by atoms with Gasteiger partial charge in [0.25, 0.3) is 0 Å². The smallest absolute Gasteiger partial charge is 0.311 e. The van der Waals surface area contributed by atoms with Crippen molar-refractivity contribution in [3.05, 3.63) is 63.3 Å². The molecule has 142 valence electrons. The SMILES string of the molecule is CC1(C)CCc2cc([N+](=O)[O-])c(N3CCC(c4ccccc4)CC3)nc2C1. The Labute approximate surface area is 160 Å². The minimum Gasteiger partial charge on any atom is -0.351 e. The first-order valence-electron chi connectivity index (χ1n) is 9.90. The van der Waals surface area contributed by atoms with Crippen LogP contribution in [0.15, 0.2) is 36.4 Å². The van der Waals surface area contributed by atoms with Crippen molar-refractivity contribution >= 4 is 11.5 Å². The number of rotatable bonds is 3. The second kappa shape index (κ2) is 6.95. The molecule has 0 spiro atoms. The second-order valence-electron chi connectivity index (χ2n) is 8.71. The quantitative estimate of drug-likeness (QED) is 0.574. The summed E-state index contributed by atoms with van der Waals surface area (Å²) in [5.41, 5.74) is 3.87. The molecule has 1 aliphatic carbocycles. The van der Waals surface area contributed by atoms with Crippen molar-refractivity contribution in [3.8, 4) is 0 Å². The summed E-state index contributed by atoms with van der Waals surface area (Å²) in [6, 6.07) is 12.4. The normalized spacial score (nSPS) is 19.6. The van der Waals surface area contributed by atoms with E-state index in [4.69, 9.17) is 4.98 Å². The Kier molecular flexibility index (Phi) is 4.62. The minimum atomic E-state index is -0.258. The summed E-state index contributed by atoms with van der Waals surface area (Å²) in [6.07, 6.45) is 4.85. The van der Waals surface area contributed by atoms with Crippen LogP contribution >= 0.6 is 0 Å². The fourth-order valence-electron chi connectivity index (χ4n) is 4.47. The molecule has 0 N–H and O–H groups in total. The van der Waals surface area contributed by atoms with Gasteiger partial charge >= 0.3 is 5.69 Å². The number of piperidine rings is 1. The number of aromatic nitrogens is 1. The van der Waals surface area contributed by atoms with E-state index in [-0.39, 0.29) is 16.0 Å². The maximum absolute atomic E-state index is 11.7. The van der Waals surface area contributed by atoms with Gasteiger partial charge in [-0.2, -0.15) is 0 Å². The van der Waals surface area contributed by atoms with Gasteiger partial charge in [-0.15, -0.1) is 0 Å². The highest BCUT2D eigenvalue weighted by Gasteiger charge is 2.32. The van der Waals surface area contributed by atoms with Crippen molar-refractivity contribution in [2.75, 3.05) is 18.0 Å². The fourth-order valence-corrected chi connectivity index (χ4v) is 4.47. The maximum atomic E-state index is 11.7. The molecule has 5 heteroatoms. The molecule has 27 heavy (non-hydrogen) atoms. The molecule has 0 bridgehead atoms. The lowest BCUT2D eigenvalue weighted by Crippen LogP contribution is -2.34. The largest absolute Gasteiger partial charge is 0.351 e. The lowest BCUT2D eigenvalue weighted by atomic mass is 9.76. The van der Waals surface area contributed by atoms with Gasteiger partial charge in [-0.3, -0.25) is 10.1 Å². The van der Waals surface area contributed by atoms with Crippen molar-refractivity contribution in [2.24, 2.45) is 5.41 Å². The van der Waals surface area contributed by atoms with Crippen LogP contribution in [0.25, 0.3) is 0 Å². The van der Waals surface area contributed by atoms with Crippen LogP contribution in [0, 0.1) is 15.5 Å². The Morgan fingerprint density at radius 3 is 2.56 bits per heavy atom. The summed E-state index contributed by atoms with van der Waals surface area (Å²) in [5.74, 6) is 1.10. The predicted octanol–water partition coefficient (Wildman–Crippen LogP) is 4.89. The van der Waals surface area contributed by atoms with Gasteiger partial charge < -0.3 is 4.90 Å². The molecule has 1 saturated heterocycles. The molecular weight excluding hydrogens is 338 g/mol. The summed E-state index contributed by atoms with van der Waals surface area (Å²) >= 11 is 0. The molecular formula is C22H27N3O2. The van der Waals surface area contributed by atoms with Crippen molar-refractivity contribution in [1.29, 1.82) is 0 Å². The highest BCUT2D eigenvalue weighted by Crippen LogP contribution is 2.39. The van der Waals surface area contributed by atoms with Crippen molar-refractivity contribution in [3.63, 3.8) is 0 Å². The third kappa shape index (κ3) is 3.68. The van der Waals surface area contributed by atoms with Gasteiger partial charge in [-0.25, -0.2) is 4.98 Å². The van der Waals surface area contributed by atoms with E-state index in [0.29, 0.717) is 11.7 Å². The molecule has 1 aliphatic heterocycles. The first-order valence-corrected chi connectivity index (χ1v) is 9.90. The van der Waals surface area contributed by atoms with E-state index in [1.165, 1.54) is 5.56 Å². The number of anilines is 1. The van der Waals surface area contributed by atoms with E-state index in [1.54, 1.807) is 6.07 Å². The van der Waals surface area contributed by atoms with Crippen LogP contribution in [0.5, 0.6) is 0 Å². The molecule has 0 amide bonds. The standard InChI is InChI=1S/C22H27N3O2/c1-22(2)11-8-18-14-20(25(26)27)21(23-19(18)15-22)24-12-9-17(10-13-24)16-6-4-3-5-7-16/h3-7,14,17H,8-13,15H2,1-2H3. The average Bonchev–Trinajstić information content (AvgIpc) is 2.67. The van der Waals surface area contributed by atoms with Crippen LogP contribution in [-0.2, 0) is 12.8 Å². The third-order valence-corrected chi connectivity index (χ3v) is 6.13. The molecule has 2 heterocycles. The lowest BCUT2D eigenvalue weighted by Gasteiger charge is -2.35. The van der Waals surface area contributed by atoms with Crippen molar-refractivity contribution in [1.82, 2.24) is 4.98 Å². The van der Waals surface area contributed by atoms with E-state index in [0.717, 1.165) is 56.5 Å². The topological polar surface area (TPSA) is 59.3 Å². The van der Waals surface area contributed by atoms with Gasteiger partial charge in [0.1, 0.15) is 0 Å². The first-order chi connectivity index (χ1) is 12.9. The lowest BCUT2D eigenvalue weighted by molar-refractivity contribution is -0.384. The second-order valence-corrected chi connectivity index (χ2v) is 8.71. The predicted molar refractivity (Wildman–Crippen MR) is 107 cm³/mol. The van der Waals surface area contributed by atoms with Crippen LogP contribution in [0.2, 0.25) is 0 Å². The molecule has 2 aliphatic rings. The third-order valence-electron chi connectivity index (χ3n) is 6.13. The van der Waals surface area contributed by atoms with Gasteiger partial charge in [-0.1, -0.05) is 44.2 Å². The van der Waals surface area contributed by atoms with Crippen LogP contribution in [-0.4, -0.2) is 23.0 Å². The molecule has 4 rings (SSSR count). The number of fused-ring (bicyclic) bond motifs is 1. The number of pyridine rings is 1. The summed E-state index contributed by atoms with van der Waals surface area (Å²) < 4.78 is 0. The molecule has 1 aromatic heterocycles. The van der Waals surface area contributed by atoms with Gasteiger partial charge in [0.2, 0.25) is 5.82 Å². The minimum absolute atomic E-state index is 0.173. The zero-order chi connectivity index (χ0) is 19.0. The van der Waals surface area contributed by atoms with E-state index in [9.17, 15) is 10.1 Å². The highest BCUT2D eigenvalue weighted by molar-refractivity contribution is 5.60. The molecule has 5 nitrogen and oxygen atoms in total. The summed E-state index contributed by atoms with van der Waals surface area (Å²) in [5, 5.41) is 11.7. The van der Waals surface area contributed by atoms with E-state index >= 15 is 0 Å². The summed E-state index contributed by atoms with van der Waals surface area (Å²) in [6.45, 7) is 6.14. The monoisotopic (exact) mass is 365 g/mol. The molecule has 1 fully saturated rings. The zero-order valence-corrected chi connectivity index (χ0v) is 16.1. The fraction of sp³-hybridized carbons (Fsp3) is 0.500. The number of nitro groups is 1. The first kappa shape index (κ1) is 18.0. The molecule has 1 aromatic carbocycles. The van der Waals surface area contributed by atoms with Crippen LogP contribution in [0.3, 0.4) is 0 Å². The zero-order valence-electron chi connectivity index (χ0n) is 16.1. The van der Waals surface area contributed by atoms with Crippen LogP contribution in [0.4, 0.5) is 11.5 Å². The van der Waals surface area contributed by atoms with Gasteiger partial charge in [0.15, 0.2) is 0 Å². The molecule has 0 unspecified atom stereocenters. The number of nitrogens with zero attached hydrogens (tertiary/aromatic N) is 3. The molecule has 0 radical (unpaired) electrons. The van der Waals surface area contributed by atoms with Crippen LogP contribution < -0.4 is 4.90 Å². The van der Waals surface area contributed by atoms with Crippen LogP contribution in [0.1, 0.15) is 55.8 Å². The maximum Gasteiger partial charge on any atom is 0.311 e. The Bertz CT molecular complexity index is 840. The Morgan fingerprint density at radius 2 is 1.89 bits per heavy atom. The van der Waals surface area contributed by atoms with E-state index in [1.807, 2.05) is 6.07 Å². The van der Waals surface area contributed by atoms with Gasteiger partial charge in [0.05, 0.1) is 4.92 Å². The number of benzene rings is 1. The van der Waals surface area contributed by atoms with Gasteiger partial charge in [0, 0.05) is 24.8 Å². The van der Waals surface area contributed by atoms with Gasteiger partial charge in [-0.05, 0) is 54.6 Å². The molecule has 0 saturated carbocycles. The number of hydrogen-bond acceptors (Lipinski definition) is 4. The van der Waals surface area contributed by atoms with Crippen molar-refractivity contribution in [2.45, 2.75) is 51.9 Å². The Morgan fingerprint density at radius 1 is 1.19 bits per heavy atom. The van der Waals surface area contributed by atoms with E-state index < -0.39 is 0 Å². The number of hydrogen-bond donors (Lipinski definition) is 0. The molecule has 0 atom stereocenters.